The molecule has 0 aromatic carbocycles. The second-order valence-electron chi connectivity index (χ2n) is 2.87. The maximum Gasteiger partial charge on any atom is 0.186 e. The molecule has 0 fully saturated rings. The first-order valence-electron chi connectivity index (χ1n) is 4.36. The predicted molar refractivity (Wildman–Crippen MR) is 57.8 cm³/mol. The summed E-state index contributed by atoms with van der Waals surface area (Å²) in [5.41, 5.74) is 10.7. The van der Waals surface area contributed by atoms with Crippen LogP contribution in [0, 0.1) is 0 Å². The predicted octanol–water partition coefficient (Wildman–Crippen LogP) is 1.86. The van der Waals surface area contributed by atoms with E-state index in [2.05, 4.69) is 18.0 Å². The third kappa shape index (κ3) is 3.06. The fraction of sp³-hybridized carbons (Fsp3) is 0.444. The number of hydrogen-bond donors (Lipinski definition) is 2. The molecular formula is C9H15N3S. The highest BCUT2D eigenvalue weighted by Crippen LogP contribution is 2.26. The lowest BCUT2D eigenvalue weighted by Crippen LogP contribution is -2.23. The van der Waals surface area contributed by atoms with Gasteiger partial charge in [0.05, 0.1) is 6.04 Å². The number of hydrogen-bond acceptors (Lipinski definition) is 2. The third-order valence-electron chi connectivity index (χ3n) is 1.74. The largest absolute Gasteiger partial charge is 0.370 e. The van der Waals surface area contributed by atoms with Crippen LogP contribution < -0.4 is 11.5 Å². The molecule has 13 heavy (non-hydrogen) atoms. The zero-order valence-electron chi connectivity index (χ0n) is 7.73. The number of guanidine groups is 1. The van der Waals surface area contributed by atoms with Crippen molar-refractivity contribution in [2.75, 3.05) is 0 Å². The zero-order chi connectivity index (χ0) is 9.68. The molecule has 0 radical (unpaired) electrons. The molecule has 1 aromatic rings. The number of thiophene rings is 1. The van der Waals surface area contributed by atoms with Gasteiger partial charge in [-0.05, 0) is 17.9 Å². The summed E-state index contributed by atoms with van der Waals surface area (Å²) < 4.78 is 0. The Balaban J connectivity index is 2.74. The van der Waals surface area contributed by atoms with Gasteiger partial charge in [-0.3, -0.25) is 0 Å². The molecule has 3 nitrogen and oxygen atoms in total. The summed E-state index contributed by atoms with van der Waals surface area (Å²) in [6.07, 6.45) is 2.08. The second kappa shape index (κ2) is 4.87. The highest BCUT2D eigenvalue weighted by molar-refractivity contribution is 7.10. The highest BCUT2D eigenvalue weighted by atomic mass is 32.1. The Morgan fingerprint density at radius 1 is 1.62 bits per heavy atom. The van der Waals surface area contributed by atoms with Crippen LogP contribution in [-0.2, 0) is 0 Å². The highest BCUT2D eigenvalue weighted by Gasteiger charge is 2.09. The van der Waals surface area contributed by atoms with E-state index in [1.807, 2.05) is 11.4 Å². The smallest absolute Gasteiger partial charge is 0.186 e. The van der Waals surface area contributed by atoms with Crippen molar-refractivity contribution in [3.63, 3.8) is 0 Å². The first kappa shape index (κ1) is 10.1. The van der Waals surface area contributed by atoms with Crippen LogP contribution in [0.25, 0.3) is 0 Å². The summed E-state index contributed by atoms with van der Waals surface area (Å²) in [6, 6.07) is 4.23. The first-order chi connectivity index (χ1) is 6.24. The van der Waals surface area contributed by atoms with E-state index in [4.69, 9.17) is 11.5 Å². The summed E-state index contributed by atoms with van der Waals surface area (Å²) in [5, 5.41) is 2.04. The molecule has 4 heteroatoms. The number of rotatable bonds is 4. The molecule has 0 saturated carbocycles. The van der Waals surface area contributed by atoms with Gasteiger partial charge in [0.25, 0.3) is 0 Å². The van der Waals surface area contributed by atoms with Crippen molar-refractivity contribution in [3.05, 3.63) is 22.4 Å². The van der Waals surface area contributed by atoms with E-state index in [1.165, 1.54) is 4.88 Å². The van der Waals surface area contributed by atoms with Crippen LogP contribution in [0.2, 0.25) is 0 Å². The number of nitrogens with two attached hydrogens (primary N) is 2. The molecule has 1 atom stereocenters. The molecule has 1 unspecified atom stereocenters. The average molecular weight is 197 g/mol. The Kier molecular flexibility index (Phi) is 3.76. The van der Waals surface area contributed by atoms with E-state index in [0.29, 0.717) is 0 Å². The minimum atomic E-state index is 0.148. The maximum absolute atomic E-state index is 5.36. The standard InChI is InChI=1S/C9H15N3S/c1-2-4-7(12-9(10)11)8-5-3-6-13-8/h3,5-7H,2,4H2,1H3,(H4,10,11,12). The molecule has 72 valence electrons. The summed E-state index contributed by atoms with van der Waals surface area (Å²) >= 11 is 1.69. The van der Waals surface area contributed by atoms with Crippen LogP contribution in [0.5, 0.6) is 0 Å². The van der Waals surface area contributed by atoms with Crippen molar-refractivity contribution >= 4 is 17.3 Å². The summed E-state index contributed by atoms with van der Waals surface area (Å²) in [5.74, 6) is 0.173. The van der Waals surface area contributed by atoms with E-state index in [0.717, 1.165) is 12.8 Å². The fourth-order valence-corrected chi connectivity index (χ4v) is 2.00. The van der Waals surface area contributed by atoms with Gasteiger partial charge < -0.3 is 11.5 Å². The SMILES string of the molecule is CCCC(N=C(N)N)c1cccs1. The van der Waals surface area contributed by atoms with E-state index >= 15 is 0 Å². The van der Waals surface area contributed by atoms with Crippen molar-refractivity contribution < 1.29 is 0 Å². The molecule has 0 amide bonds. The van der Waals surface area contributed by atoms with Crippen molar-refractivity contribution in [1.82, 2.24) is 0 Å². The Morgan fingerprint density at radius 2 is 2.38 bits per heavy atom. The van der Waals surface area contributed by atoms with Gasteiger partial charge in [0.1, 0.15) is 0 Å². The van der Waals surface area contributed by atoms with Gasteiger partial charge in [-0.2, -0.15) is 0 Å². The van der Waals surface area contributed by atoms with Crippen LogP contribution in [0.15, 0.2) is 22.5 Å². The third-order valence-corrected chi connectivity index (χ3v) is 2.71. The van der Waals surface area contributed by atoms with E-state index in [1.54, 1.807) is 11.3 Å². The van der Waals surface area contributed by atoms with Gasteiger partial charge in [0.15, 0.2) is 5.96 Å². The van der Waals surface area contributed by atoms with E-state index < -0.39 is 0 Å². The van der Waals surface area contributed by atoms with Crippen LogP contribution in [0.3, 0.4) is 0 Å². The normalized spacial score (nSPS) is 12.4. The van der Waals surface area contributed by atoms with Gasteiger partial charge in [-0.25, -0.2) is 4.99 Å². The average Bonchev–Trinajstić information content (AvgIpc) is 2.54. The Labute approximate surface area is 82.5 Å². The lowest BCUT2D eigenvalue weighted by molar-refractivity contribution is 0.649. The van der Waals surface area contributed by atoms with Gasteiger partial charge in [0, 0.05) is 4.88 Å². The van der Waals surface area contributed by atoms with Crippen molar-refractivity contribution in [3.8, 4) is 0 Å². The van der Waals surface area contributed by atoms with Crippen molar-refractivity contribution in [2.45, 2.75) is 25.8 Å². The Morgan fingerprint density at radius 3 is 2.85 bits per heavy atom. The van der Waals surface area contributed by atoms with Crippen molar-refractivity contribution in [1.29, 1.82) is 0 Å². The summed E-state index contributed by atoms with van der Waals surface area (Å²) in [7, 11) is 0. The lowest BCUT2D eigenvalue weighted by atomic mass is 10.1. The molecule has 1 aromatic heterocycles. The van der Waals surface area contributed by atoms with Gasteiger partial charge in [-0.15, -0.1) is 11.3 Å². The van der Waals surface area contributed by atoms with Gasteiger partial charge in [-0.1, -0.05) is 19.4 Å². The van der Waals surface area contributed by atoms with Crippen LogP contribution in [0.4, 0.5) is 0 Å². The molecule has 1 heterocycles. The Hall–Kier alpha value is -1.03. The minimum Gasteiger partial charge on any atom is -0.370 e. The fourth-order valence-electron chi connectivity index (χ4n) is 1.20. The van der Waals surface area contributed by atoms with Crippen LogP contribution in [-0.4, -0.2) is 5.96 Å². The molecule has 0 saturated heterocycles. The second-order valence-corrected chi connectivity index (χ2v) is 3.85. The molecule has 0 bridgehead atoms. The molecule has 4 N–H and O–H groups in total. The topological polar surface area (TPSA) is 64.4 Å². The minimum absolute atomic E-state index is 0.148. The monoisotopic (exact) mass is 197 g/mol. The number of aliphatic imine (C=N–C) groups is 1. The summed E-state index contributed by atoms with van der Waals surface area (Å²) in [4.78, 5) is 5.42. The molecule has 0 aliphatic heterocycles. The molecule has 1 rings (SSSR count). The summed E-state index contributed by atoms with van der Waals surface area (Å²) in [6.45, 7) is 2.13. The van der Waals surface area contributed by atoms with Crippen LogP contribution >= 0.6 is 11.3 Å². The van der Waals surface area contributed by atoms with Gasteiger partial charge in [0.2, 0.25) is 0 Å². The number of nitrogens with zero attached hydrogens (tertiary/aromatic N) is 1. The van der Waals surface area contributed by atoms with E-state index in [9.17, 15) is 0 Å². The maximum atomic E-state index is 5.36. The quantitative estimate of drug-likeness (QED) is 0.571. The van der Waals surface area contributed by atoms with Gasteiger partial charge >= 0.3 is 0 Å². The zero-order valence-corrected chi connectivity index (χ0v) is 8.55. The molecule has 0 aliphatic carbocycles. The lowest BCUT2D eigenvalue weighted by Gasteiger charge is -2.08. The Bertz CT molecular complexity index is 262. The van der Waals surface area contributed by atoms with Crippen molar-refractivity contribution in [2.24, 2.45) is 16.5 Å². The van der Waals surface area contributed by atoms with Crippen LogP contribution in [0.1, 0.15) is 30.7 Å². The molecular weight excluding hydrogens is 182 g/mol. The molecule has 0 aliphatic rings. The van der Waals surface area contributed by atoms with E-state index in [-0.39, 0.29) is 12.0 Å². The first-order valence-corrected chi connectivity index (χ1v) is 5.24. The molecule has 0 spiro atoms.